The Kier molecular flexibility index (Phi) is 2.01. The second-order valence-corrected chi connectivity index (χ2v) is 3.12. The molecule has 0 unspecified atom stereocenters. The molecular formula is C6H5N5OS. The molecule has 0 atom stereocenters. The first kappa shape index (κ1) is 7.87. The molecule has 0 spiro atoms. The zero-order chi connectivity index (χ0) is 9.10. The summed E-state index contributed by atoms with van der Waals surface area (Å²) >= 11 is 1.36. The fourth-order valence-corrected chi connectivity index (χ4v) is 1.39. The van der Waals surface area contributed by atoms with Gasteiger partial charge in [0.2, 0.25) is 0 Å². The summed E-state index contributed by atoms with van der Waals surface area (Å²) in [5.74, 6) is -0.220. The van der Waals surface area contributed by atoms with Crippen molar-refractivity contribution in [2.75, 3.05) is 5.43 Å². The number of nitrogens with one attached hydrogen (secondary N) is 1. The summed E-state index contributed by atoms with van der Waals surface area (Å²) in [6, 6.07) is 3.53. The van der Waals surface area contributed by atoms with E-state index in [2.05, 4.69) is 21.0 Å². The van der Waals surface area contributed by atoms with E-state index in [1.54, 1.807) is 12.1 Å². The molecule has 0 aromatic carbocycles. The highest BCUT2D eigenvalue weighted by atomic mass is 32.1. The molecule has 0 aliphatic heterocycles. The number of hydrogen-bond donors (Lipinski definition) is 1. The van der Waals surface area contributed by atoms with Crippen LogP contribution in [0.15, 0.2) is 23.8 Å². The van der Waals surface area contributed by atoms with Gasteiger partial charge in [0.05, 0.1) is 4.88 Å². The molecule has 2 heterocycles. The third-order valence-corrected chi connectivity index (χ3v) is 2.18. The van der Waals surface area contributed by atoms with E-state index in [0.29, 0.717) is 4.88 Å². The van der Waals surface area contributed by atoms with Crippen LogP contribution >= 0.6 is 11.3 Å². The van der Waals surface area contributed by atoms with E-state index in [1.807, 2.05) is 5.38 Å². The largest absolute Gasteiger partial charge is 0.281 e. The lowest BCUT2D eigenvalue weighted by molar-refractivity contribution is 0.101. The first-order valence-corrected chi connectivity index (χ1v) is 4.32. The van der Waals surface area contributed by atoms with Crippen molar-refractivity contribution in [3.63, 3.8) is 0 Å². The highest BCUT2D eigenvalue weighted by Crippen LogP contribution is 2.07. The molecular weight excluding hydrogens is 190 g/mol. The van der Waals surface area contributed by atoms with E-state index < -0.39 is 0 Å². The average Bonchev–Trinajstić information content (AvgIpc) is 2.74. The summed E-state index contributed by atoms with van der Waals surface area (Å²) in [4.78, 5) is 13.1. The number of carbonyl (C=O) groups excluding carboxylic acids is 1. The Morgan fingerprint density at radius 2 is 2.54 bits per heavy atom. The fourth-order valence-electron chi connectivity index (χ4n) is 0.779. The second kappa shape index (κ2) is 3.31. The number of amides is 1. The molecule has 1 N–H and O–H groups in total. The molecule has 0 saturated carbocycles. The van der Waals surface area contributed by atoms with Gasteiger partial charge in [-0.2, -0.15) is 0 Å². The van der Waals surface area contributed by atoms with Crippen molar-refractivity contribution in [3.05, 3.63) is 28.7 Å². The van der Waals surface area contributed by atoms with Crippen molar-refractivity contribution in [2.24, 2.45) is 0 Å². The summed E-state index contributed by atoms with van der Waals surface area (Å²) in [5, 5.41) is 12.1. The van der Waals surface area contributed by atoms with E-state index in [-0.39, 0.29) is 5.91 Å². The van der Waals surface area contributed by atoms with Crippen LogP contribution in [0.3, 0.4) is 0 Å². The Bertz CT molecular complexity index is 381. The number of carbonyl (C=O) groups is 1. The Morgan fingerprint density at radius 3 is 3.15 bits per heavy atom. The van der Waals surface area contributed by atoms with Crippen molar-refractivity contribution in [1.82, 2.24) is 20.3 Å². The van der Waals surface area contributed by atoms with E-state index >= 15 is 0 Å². The van der Waals surface area contributed by atoms with E-state index in [1.165, 1.54) is 17.7 Å². The smallest absolute Gasteiger partial charge is 0.266 e. The lowest BCUT2D eigenvalue weighted by Gasteiger charge is -1.98. The Balaban J connectivity index is 2.08. The predicted octanol–water partition coefficient (Wildman–Crippen LogP) is 0.118. The normalized spacial score (nSPS) is 9.85. The first-order chi connectivity index (χ1) is 6.36. The maximum Gasteiger partial charge on any atom is 0.281 e. The number of rotatable bonds is 2. The predicted molar refractivity (Wildman–Crippen MR) is 45.8 cm³/mol. The molecule has 13 heavy (non-hydrogen) atoms. The maximum absolute atomic E-state index is 11.4. The molecule has 0 aliphatic carbocycles. The third kappa shape index (κ3) is 1.70. The van der Waals surface area contributed by atoms with Crippen LogP contribution in [0.4, 0.5) is 0 Å². The van der Waals surface area contributed by atoms with E-state index in [4.69, 9.17) is 0 Å². The summed E-state index contributed by atoms with van der Waals surface area (Å²) in [5.41, 5.74) is 2.48. The maximum atomic E-state index is 11.4. The Hall–Kier alpha value is -1.76. The van der Waals surface area contributed by atoms with Crippen molar-refractivity contribution in [3.8, 4) is 0 Å². The minimum Gasteiger partial charge on any atom is -0.266 e. The van der Waals surface area contributed by atoms with Crippen LogP contribution in [0.1, 0.15) is 9.67 Å². The molecule has 0 bridgehead atoms. The van der Waals surface area contributed by atoms with Crippen molar-refractivity contribution in [1.29, 1.82) is 0 Å². The average molecular weight is 195 g/mol. The highest BCUT2D eigenvalue weighted by Gasteiger charge is 2.06. The van der Waals surface area contributed by atoms with Crippen LogP contribution in [0.25, 0.3) is 0 Å². The summed E-state index contributed by atoms with van der Waals surface area (Å²) in [6.45, 7) is 0. The van der Waals surface area contributed by atoms with Crippen molar-refractivity contribution >= 4 is 17.2 Å². The van der Waals surface area contributed by atoms with Gasteiger partial charge >= 0.3 is 0 Å². The van der Waals surface area contributed by atoms with Gasteiger partial charge in [-0.3, -0.25) is 4.79 Å². The van der Waals surface area contributed by atoms with Gasteiger partial charge in [0.25, 0.3) is 5.91 Å². The quantitative estimate of drug-likeness (QED) is 0.738. The van der Waals surface area contributed by atoms with E-state index in [9.17, 15) is 4.79 Å². The molecule has 1 amide bonds. The SMILES string of the molecule is O=C(Nn1cnnn1)c1cccs1. The Morgan fingerprint density at radius 1 is 1.62 bits per heavy atom. The zero-order valence-electron chi connectivity index (χ0n) is 6.41. The number of hydrogen-bond acceptors (Lipinski definition) is 5. The van der Waals surface area contributed by atoms with Crippen LogP contribution in [0.2, 0.25) is 0 Å². The third-order valence-electron chi connectivity index (χ3n) is 1.31. The standard InChI is InChI=1S/C6H5N5OS/c12-6(5-2-1-3-13-5)8-11-4-7-9-10-11/h1-4H,(H,8,12). The van der Waals surface area contributed by atoms with Crippen molar-refractivity contribution < 1.29 is 4.79 Å². The summed E-state index contributed by atoms with van der Waals surface area (Å²) in [7, 11) is 0. The molecule has 2 aromatic rings. The lowest BCUT2D eigenvalue weighted by atomic mass is 10.5. The Labute approximate surface area is 77.2 Å². The molecule has 0 radical (unpaired) electrons. The van der Waals surface area contributed by atoms with E-state index in [0.717, 1.165) is 4.79 Å². The molecule has 0 fully saturated rings. The molecule has 7 heteroatoms. The number of thiophene rings is 1. The van der Waals surface area contributed by atoms with Gasteiger partial charge in [0.1, 0.15) is 0 Å². The van der Waals surface area contributed by atoms with Crippen LogP contribution in [0.5, 0.6) is 0 Å². The molecule has 6 nitrogen and oxygen atoms in total. The highest BCUT2D eigenvalue weighted by molar-refractivity contribution is 7.12. The van der Waals surface area contributed by atoms with Crippen LogP contribution in [0, 0.1) is 0 Å². The van der Waals surface area contributed by atoms with Gasteiger partial charge in [-0.15, -0.1) is 21.2 Å². The number of aromatic nitrogens is 4. The lowest BCUT2D eigenvalue weighted by Crippen LogP contribution is -2.22. The van der Waals surface area contributed by atoms with Crippen LogP contribution in [-0.2, 0) is 0 Å². The zero-order valence-corrected chi connectivity index (χ0v) is 7.23. The van der Waals surface area contributed by atoms with Gasteiger partial charge in [-0.05, 0) is 21.9 Å². The van der Waals surface area contributed by atoms with Crippen LogP contribution in [-0.4, -0.2) is 26.2 Å². The molecule has 66 valence electrons. The van der Waals surface area contributed by atoms with Gasteiger partial charge in [-0.25, -0.2) is 5.43 Å². The van der Waals surface area contributed by atoms with Crippen LogP contribution < -0.4 is 5.43 Å². The van der Waals surface area contributed by atoms with Gasteiger partial charge in [0.15, 0.2) is 6.33 Å². The number of tetrazole rings is 1. The molecule has 0 aliphatic rings. The van der Waals surface area contributed by atoms with Gasteiger partial charge < -0.3 is 0 Å². The monoisotopic (exact) mass is 195 g/mol. The van der Waals surface area contributed by atoms with Crippen molar-refractivity contribution in [2.45, 2.75) is 0 Å². The van der Waals surface area contributed by atoms with Gasteiger partial charge in [-0.1, -0.05) is 6.07 Å². The minimum atomic E-state index is -0.220. The second-order valence-electron chi connectivity index (χ2n) is 2.17. The molecule has 2 rings (SSSR count). The van der Waals surface area contributed by atoms with Gasteiger partial charge in [0, 0.05) is 0 Å². The molecule has 0 saturated heterocycles. The topological polar surface area (TPSA) is 72.7 Å². The number of nitrogens with zero attached hydrogens (tertiary/aromatic N) is 4. The molecule has 2 aromatic heterocycles. The summed E-state index contributed by atoms with van der Waals surface area (Å²) in [6.07, 6.45) is 1.31. The summed E-state index contributed by atoms with van der Waals surface area (Å²) < 4.78 is 0. The fraction of sp³-hybridized carbons (Fsp3) is 0. The minimum absolute atomic E-state index is 0.220. The first-order valence-electron chi connectivity index (χ1n) is 3.44.